The lowest BCUT2D eigenvalue weighted by Crippen LogP contribution is -2.15. The molecule has 0 aliphatic carbocycles. The Hall–Kier alpha value is -2.39. The molecule has 3 aromatic rings. The van der Waals surface area contributed by atoms with Crippen LogP contribution < -0.4 is 10.5 Å². The summed E-state index contributed by atoms with van der Waals surface area (Å²) in [5.41, 5.74) is 10.4. The Morgan fingerprint density at radius 2 is 1.76 bits per heavy atom. The molecule has 3 rings (SSSR count). The summed E-state index contributed by atoms with van der Waals surface area (Å²) in [5, 5.41) is 1.16. The molecule has 0 radical (unpaired) electrons. The molecule has 3 heteroatoms. The van der Waals surface area contributed by atoms with Gasteiger partial charge in [0.1, 0.15) is 5.75 Å². The van der Waals surface area contributed by atoms with Crippen LogP contribution in [0.4, 0.5) is 0 Å². The number of pyridine rings is 1. The van der Waals surface area contributed by atoms with Gasteiger partial charge in [0.25, 0.3) is 0 Å². The fraction of sp³-hybridized carbons (Fsp3) is 0.167. The molecule has 0 aliphatic heterocycles. The van der Waals surface area contributed by atoms with Gasteiger partial charge in [-0.3, -0.25) is 4.98 Å². The van der Waals surface area contributed by atoms with Crippen LogP contribution in [0.25, 0.3) is 10.9 Å². The largest absolute Gasteiger partial charge is 0.496 e. The van der Waals surface area contributed by atoms with Gasteiger partial charge in [-0.15, -0.1) is 0 Å². The summed E-state index contributed by atoms with van der Waals surface area (Å²) in [5.74, 6) is 0.789. The van der Waals surface area contributed by atoms with Crippen LogP contribution in [0.15, 0.2) is 54.6 Å². The topological polar surface area (TPSA) is 48.1 Å². The number of nitrogens with two attached hydrogens (primary N) is 1. The number of nitrogens with zero attached hydrogens (tertiary/aromatic N) is 1. The van der Waals surface area contributed by atoms with E-state index < -0.39 is 0 Å². The Bertz CT molecular complexity index is 783. The number of aromatic nitrogens is 1. The smallest absolute Gasteiger partial charge is 0.124 e. The van der Waals surface area contributed by atoms with E-state index in [1.807, 2.05) is 42.5 Å². The zero-order chi connectivity index (χ0) is 14.8. The van der Waals surface area contributed by atoms with Gasteiger partial charge in [0.05, 0.1) is 24.4 Å². The second kappa shape index (κ2) is 5.54. The fourth-order valence-corrected chi connectivity index (χ4v) is 2.62. The zero-order valence-electron chi connectivity index (χ0n) is 12.2. The van der Waals surface area contributed by atoms with Crippen molar-refractivity contribution in [2.45, 2.75) is 13.0 Å². The summed E-state index contributed by atoms with van der Waals surface area (Å²) in [6, 6.07) is 17.7. The number of hydrogen-bond donors (Lipinski definition) is 1. The maximum absolute atomic E-state index is 6.41. The summed E-state index contributed by atoms with van der Waals surface area (Å²) in [7, 11) is 1.66. The van der Waals surface area contributed by atoms with E-state index in [9.17, 15) is 0 Å². The van der Waals surface area contributed by atoms with E-state index in [-0.39, 0.29) is 6.04 Å². The van der Waals surface area contributed by atoms with Gasteiger partial charge in [-0.2, -0.15) is 0 Å². The van der Waals surface area contributed by atoms with Crippen molar-refractivity contribution < 1.29 is 4.74 Å². The molecule has 2 N–H and O–H groups in total. The van der Waals surface area contributed by atoms with Crippen LogP contribution in [0, 0.1) is 6.92 Å². The highest BCUT2D eigenvalue weighted by molar-refractivity contribution is 5.82. The Morgan fingerprint density at radius 3 is 2.57 bits per heavy atom. The molecule has 0 saturated carbocycles. The normalized spacial score (nSPS) is 12.3. The van der Waals surface area contributed by atoms with Gasteiger partial charge < -0.3 is 10.5 Å². The number of benzene rings is 2. The van der Waals surface area contributed by atoms with Crippen LogP contribution in [0.5, 0.6) is 5.75 Å². The van der Waals surface area contributed by atoms with Crippen LogP contribution in [-0.4, -0.2) is 12.1 Å². The zero-order valence-corrected chi connectivity index (χ0v) is 12.2. The number of aryl methyl sites for hydroxylation is 1. The summed E-state index contributed by atoms with van der Waals surface area (Å²) < 4.78 is 5.40. The predicted molar refractivity (Wildman–Crippen MR) is 85.5 cm³/mol. The molecule has 0 saturated heterocycles. The standard InChI is InChI=1S/C18H18N2O/c1-12-11-16(20-15-9-5-3-7-13(12)15)18(19)14-8-4-6-10-17(14)21-2/h3-11,18H,19H2,1-2H3. The van der Waals surface area contributed by atoms with Crippen molar-refractivity contribution in [2.75, 3.05) is 7.11 Å². The highest BCUT2D eigenvalue weighted by Crippen LogP contribution is 2.29. The third-order valence-corrected chi connectivity index (χ3v) is 3.74. The van der Waals surface area contributed by atoms with E-state index in [4.69, 9.17) is 15.5 Å². The molecule has 1 unspecified atom stereocenters. The van der Waals surface area contributed by atoms with Crippen LogP contribution in [-0.2, 0) is 0 Å². The van der Waals surface area contributed by atoms with Crippen molar-refractivity contribution in [3.05, 3.63) is 71.4 Å². The fourth-order valence-electron chi connectivity index (χ4n) is 2.62. The molecular weight excluding hydrogens is 260 g/mol. The van der Waals surface area contributed by atoms with Crippen molar-refractivity contribution in [1.29, 1.82) is 0 Å². The second-order valence-corrected chi connectivity index (χ2v) is 5.10. The minimum absolute atomic E-state index is 0.301. The van der Waals surface area contributed by atoms with Gasteiger partial charge in [-0.05, 0) is 30.7 Å². The highest BCUT2D eigenvalue weighted by atomic mass is 16.5. The summed E-state index contributed by atoms with van der Waals surface area (Å²) >= 11 is 0. The minimum Gasteiger partial charge on any atom is -0.496 e. The molecule has 106 valence electrons. The molecule has 0 fully saturated rings. The Labute approximate surface area is 124 Å². The van der Waals surface area contributed by atoms with E-state index in [0.717, 1.165) is 27.9 Å². The monoisotopic (exact) mass is 278 g/mol. The van der Waals surface area contributed by atoms with Gasteiger partial charge in [0.2, 0.25) is 0 Å². The first-order valence-electron chi connectivity index (χ1n) is 6.95. The summed E-state index contributed by atoms with van der Waals surface area (Å²) in [6.45, 7) is 2.09. The van der Waals surface area contributed by atoms with Crippen LogP contribution in [0.1, 0.15) is 22.9 Å². The van der Waals surface area contributed by atoms with E-state index in [1.165, 1.54) is 5.56 Å². The Morgan fingerprint density at radius 1 is 1.05 bits per heavy atom. The molecule has 1 aromatic heterocycles. The van der Waals surface area contributed by atoms with Gasteiger partial charge in [-0.25, -0.2) is 0 Å². The molecule has 2 aromatic carbocycles. The van der Waals surface area contributed by atoms with Crippen molar-refractivity contribution in [3.63, 3.8) is 0 Å². The SMILES string of the molecule is COc1ccccc1C(N)c1cc(C)c2ccccc2n1. The molecule has 21 heavy (non-hydrogen) atoms. The lowest BCUT2D eigenvalue weighted by molar-refractivity contribution is 0.407. The van der Waals surface area contributed by atoms with Crippen molar-refractivity contribution >= 4 is 10.9 Å². The van der Waals surface area contributed by atoms with Gasteiger partial charge >= 0.3 is 0 Å². The molecule has 0 spiro atoms. The highest BCUT2D eigenvalue weighted by Gasteiger charge is 2.16. The number of para-hydroxylation sites is 2. The molecule has 0 amide bonds. The van der Waals surface area contributed by atoms with Crippen molar-refractivity contribution in [3.8, 4) is 5.75 Å². The second-order valence-electron chi connectivity index (χ2n) is 5.10. The predicted octanol–water partition coefficient (Wildman–Crippen LogP) is 3.60. The van der Waals surface area contributed by atoms with Crippen molar-refractivity contribution in [1.82, 2.24) is 4.98 Å². The van der Waals surface area contributed by atoms with Crippen molar-refractivity contribution in [2.24, 2.45) is 5.73 Å². The number of fused-ring (bicyclic) bond motifs is 1. The Balaban J connectivity index is 2.11. The average Bonchev–Trinajstić information content (AvgIpc) is 2.54. The summed E-state index contributed by atoms with van der Waals surface area (Å²) in [4.78, 5) is 4.71. The molecule has 1 heterocycles. The minimum atomic E-state index is -0.301. The van der Waals surface area contributed by atoms with Crippen LogP contribution in [0.2, 0.25) is 0 Å². The van der Waals surface area contributed by atoms with Crippen LogP contribution in [0.3, 0.4) is 0 Å². The number of hydrogen-bond acceptors (Lipinski definition) is 3. The molecule has 1 atom stereocenters. The van der Waals surface area contributed by atoms with E-state index in [0.29, 0.717) is 0 Å². The number of rotatable bonds is 3. The van der Waals surface area contributed by atoms with E-state index >= 15 is 0 Å². The van der Waals surface area contributed by atoms with Crippen LogP contribution >= 0.6 is 0 Å². The lowest BCUT2D eigenvalue weighted by atomic mass is 10.00. The van der Waals surface area contributed by atoms with Gasteiger partial charge in [0.15, 0.2) is 0 Å². The molecule has 3 nitrogen and oxygen atoms in total. The first kappa shape index (κ1) is 13.6. The molecule has 0 bridgehead atoms. The maximum Gasteiger partial charge on any atom is 0.124 e. The van der Waals surface area contributed by atoms with Gasteiger partial charge in [0, 0.05) is 10.9 Å². The van der Waals surface area contributed by atoms with Gasteiger partial charge in [-0.1, -0.05) is 36.4 Å². The maximum atomic E-state index is 6.41. The molecule has 0 aliphatic rings. The molecular formula is C18H18N2O. The number of methoxy groups -OCH3 is 1. The lowest BCUT2D eigenvalue weighted by Gasteiger charge is -2.16. The number of ether oxygens (including phenoxy) is 1. The van der Waals surface area contributed by atoms with E-state index in [2.05, 4.69) is 19.1 Å². The van der Waals surface area contributed by atoms with E-state index in [1.54, 1.807) is 7.11 Å². The first-order valence-corrected chi connectivity index (χ1v) is 6.95. The summed E-state index contributed by atoms with van der Waals surface area (Å²) in [6.07, 6.45) is 0. The third kappa shape index (κ3) is 2.48. The first-order chi connectivity index (χ1) is 10.2. The average molecular weight is 278 g/mol. The quantitative estimate of drug-likeness (QED) is 0.796. The third-order valence-electron chi connectivity index (χ3n) is 3.74. The Kier molecular flexibility index (Phi) is 3.59.